The normalized spacial score (nSPS) is 10.1. The summed E-state index contributed by atoms with van der Waals surface area (Å²) < 4.78 is 5.43. The summed E-state index contributed by atoms with van der Waals surface area (Å²) in [7, 11) is 0. The minimum absolute atomic E-state index is 0.534. The Labute approximate surface area is 101 Å². The highest BCUT2D eigenvalue weighted by molar-refractivity contribution is 5.54. The van der Waals surface area contributed by atoms with Gasteiger partial charge in [-0.15, -0.1) is 6.42 Å². The molecule has 0 bridgehead atoms. The molecule has 1 aromatic heterocycles. The third kappa shape index (κ3) is 2.96. The summed E-state index contributed by atoms with van der Waals surface area (Å²) in [5, 5.41) is 3.07. The van der Waals surface area contributed by atoms with Crippen LogP contribution in [0.4, 0.5) is 0 Å². The Hall–Kier alpha value is -2.05. The molecule has 0 spiro atoms. The third-order valence-corrected chi connectivity index (χ3v) is 2.35. The summed E-state index contributed by atoms with van der Waals surface area (Å²) in [5.74, 6) is 3.16. The van der Waals surface area contributed by atoms with Crippen molar-refractivity contribution in [1.29, 1.82) is 0 Å². The van der Waals surface area contributed by atoms with Gasteiger partial charge >= 0.3 is 0 Å². The number of rotatable bonds is 4. The van der Waals surface area contributed by atoms with Crippen LogP contribution in [0.15, 0.2) is 34.9 Å². The monoisotopic (exact) mass is 226 g/mol. The molecular weight excluding hydrogens is 212 g/mol. The Morgan fingerprint density at radius 1 is 1.47 bits per heavy atom. The van der Waals surface area contributed by atoms with Gasteiger partial charge in [-0.05, 0) is 19.1 Å². The van der Waals surface area contributed by atoms with E-state index in [-0.39, 0.29) is 0 Å². The largest absolute Gasteiger partial charge is 0.444 e. The van der Waals surface area contributed by atoms with Gasteiger partial charge in [0.2, 0.25) is 5.89 Å². The van der Waals surface area contributed by atoms with Crippen LogP contribution in [0.3, 0.4) is 0 Å². The predicted octanol–water partition coefficient (Wildman–Crippen LogP) is 2.37. The van der Waals surface area contributed by atoms with E-state index in [2.05, 4.69) is 16.2 Å². The van der Waals surface area contributed by atoms with Crippen molar-refractivity contribution in [2.24, 2.45) is 0 Å². The summed E-state index contributed by atoms with van der Waals surface area (Å²) >= 11 is 0. The lowest BCUT2D eigenvalue weighted by Gasteiger charge is -1.96. The number of benzene rings is 1. The molecule has 0 saturated carbocycles. The van der Waals surface area contributed by atoms with E-state index >= 15 is 0 Å². The molecule has 0 radical (unpaired) electrons. The molecule has 86 valence electrons. The molecule has 0 fully saturated rings. The first-order valence-corrected chi connectivity index (χ1v) is 5.45. The van der Waals surface area contributed by atoms with Crippen molar-refractivity contribution in [3.8, 4) is 23.8 Å². The number of terminal acetylenes is 1. The maximum Gasteiger partial charge on any atom is 0.226 e. The van der Waals surface area contributed by atoms with Gasteiger partial charge in [0.25, 0.3) is 0 Å². The lowest BCUT2D eigenvalue weighted by Crippen LogP contribution is -2.13. The van der Waals surface area contributed by atoms with Crippen molar-refractivity contribution < 1.29 is 4.42 Å². The molecule has 3 nitrogen and oxygen atoms in total. The standard InChI is InChI=1S/C14H14N2O/c1-3-7-15-9-13-10-17-14(16-13)12-6-4-5-11(2)8-12/h1,4-6,8,10,15H,7,9H2,2H3. The SMILES string of the molecule is C#CCNCc1coc(-c2cccc(C)c2)n1. The second-order valence-corrected chi connectivity index (χ2v) is 3.82. The zero-order valence-electron chi connectivity index (χ0n) is 9.73. The fourth-order valence-electron chi connectivity index (χ4n) is 1.56. The van der Waals surface area contributed by atoms with Gasteiger partial charge in [-0.2, -0.15) is 0 Å². The second kappa shape index (κ2) is 5.33. The quantitative estimate of drug-likeness (QED) is 0.642. The molecule has 0 saturated heterocycles. The van der Waals surface area contributed by atoms with E-state index < -0.39 is 0 Å². The van der Waals surface area contributed by atoms with Gasteiger partial charge in [0.1, 0.15) is 6.26 Å². The van der Waals surface area contributed by atoms with E-state index in [1.807, 2.05) is 31.2 Å². The number of hydrogen-bond donors (Lipinski definition) is 1. The highest BCUT2D eigenvalue weighted by atomic mass is 16.3. The first kappa shape index (κ1) is 11.4. The summed E-state index contributed by atoms with van der Waals surface area (Å²) in [6.45, 7) is 3.20. The maximum atomic E-state index is 5.43. The predicted molar refractivity (Wildman–Crippen MR) is 67.2 cm³/mol. The van der Waals surface area contributed by atoms with Crippen molar-refractivity contribution in [2.45, 2.75) is 13.5 Å². The molecule has 0 amide bonds. The van der Waals surface area contributed by atoms with E-state index in [9.17, 15) is 0 Å². The van der Waals surface area contributed by atoms with Crippen LogP contribution < -0.4 is 5.32 Å². The Kier molecular flexibility index (Phi) is 3.59. The molecule has 0 unspecified atom stereocenters. The molecule has 1 heterocycles. The van der Waals surface area contributed by atoms with Crippen LogP contribution in [0.25, 0.3) is 11.5 Å². The molecule has 2 rings (SSSR count). The van der Waals surface area contributed by atoms with E-state index in [1.54, 1.807) is 6.26 Å². The number of hydrogen-bond acceptors (Lipinski definition) is 3. The fourth-order valence-corrected chi connectivity index (χ4v) is 1.56. The fraction of sp³-hybridized carbons (Fsp3) is 0.214. The average Bonchev–Trinajstić information content (AvgIpc) is 2.78. The van der Waals surface area contributed by atoms with Crippen molar-refractivity contribution in [2.75, 3.05) is 6.54 Å². The molecule has 17 heavy (non-hydrogen) atoms. The summed E-state index contributed by atoms with van der Waals surface area (Å²) in [5.41, 5.74) is 3.04. The number of nitrogens with one attached hydrogen (secondary N) is 1. The third-order valence-electron chi connectivity index (χ3n) is 2.35. The Balaban J connectivity index is 2.10. The second-order valence-electron chi connectivity index (χ2n) is 3.82. The van der Waals surface area contributed by atoms with Crippen LogP contribution >= 0.6 is 0 Å². The van der Waals surface area contributed by atoms with Gasteiger partial charge in [-0.25, -0.2) is 4.98 Å². The van der Waals surface area contributed by atoms with Crippen LogP contribution in [-0.2, 0) is 6.54 Å². The lowest BCUT2D eigenvalue weighted by atomic mass is 10.1. The minimum atomic E-state index is 0.534. The van der Waals surface area contributed by atoms with Crippen LogP contribution in [-0.4, -0.2) is 11.5 Å². The number of aromatic nitrogens is 1. The van der Waals surface area contributed by atoms with Crippen molar-refractivity contribution in [3.63, 3.8) is 0 Å². The first-order chi connectivity index (χ1) is 8.29. The molecule has 1 aromatic carbocycles. The van der Waals surface area contributed by atoms with Crippen molar-refractivity contribution in [1.82, 2.24) is 10.3 Å². The zero-order valence-corrected chi connectivity index (χ0v) is 9.73. The van der Waals surface area contributed by atoms with Gasteiger partial charge in [0.05, 0.1) is 12.2 Å². The molecule has 2 aromatic rings. The average molecular weight is 226 g/mol. The summed E-state index contributed by atoms with van der Waals surface area (Å²) in [4.78, 5) is 4.40. The highest BCUT2D eigenvalue weighted by Crippen LogP contribution is 2.19. The number of aryl methyl sites for hydroxylation is 1. The van der Waals surface area contributed by atoms with Gasteiger partial charge < -0.3 is 9.73 Å². The summed E-state index contributed by atoms with van der Waals surface area (Å²) in [6, 6.07) is 8.06. The smallest absolute Gasteiger partial charge is 0.226 e. The van der Waals surface area contributed by atoms with Gasteiger partial charge in [0.15, 0.2) is 0 Å². The van der Waals surface area contributed by atoms with E-state index in [4.69, 9.17) is 10.8 Å². The molecule has 0 aliphatic carbocycles. The lowest BCUT2D eigenvalue weighted by molar-refractivity contribution is 0.571. The van der Waals surface area contributed by atoms with Crippen LogP contribution in [0.1, 0.15) is 11.3 Å². The Bertz CT molecular complexity index is 537. The summed E-state index contributed by atoms with van der Waals surface area (Å²) in [6.07, 6.45) is 6.80. The van der Waals surface area contributed by atoms with Gasteiger partial charge in [-0.3, -0.25) is 0 Å². The molecular formula is C14H14N2O. The van der Waals surface area contributed by atoms with Crippen LogP contribution in [0, 0.1) is 19.3 Å². The van der Waals surface area contributed by atoms with E-state index in [0.29, 0.717) is 19.0 Å². The molecule has 1 N–H and O–H groups in total. The first-order valence-electron chi connectivity index (χ1n) is 5.45. The van der Waals surface area contributed by atoms with Gasteiger partial charge in [-0.1, -0.05) is 23.6 Å². The Morgan fingerprint density at radius 2 is 2.35 bits per heavy atom. The van der Waals surface area contributed by atoms with Gasteiger partial charge in [0, 0.05) is 12.1 Å². The molecule has 0 aliphatic rings. The Morgan fingerprint density at radius 3 is 3.12 bits per heavy atom. The van der Waals surface area contributed by atoms with Crippen LogP contribution in [0.2, 0.25) is 0 Å². The maximum absolute atomic E-state index is 5.43. The number of oxazole rings is 1. The molecule has 0 atom stereocenters. The minimum Gasteiger partial charge on any atom is -0.444 e. The van der Waals surface area contributed by atoms with E-state index in [0.717, 1.165) is 11.3 Å². The number of nitrogens with zero attached hydrogens (tertiary/aromatic N) is 1. The topological polar surface area (TPSA) is 38.1 Å². The van der Waals surface area contributed by atoms with E-state index in [1.165, 1.54) is 5.56 Å². The van der Waals surface area contributed by atoms with Crippen molar-refractivity contribution in [3.05, 3.63) is 41.8 Å². The zero-order chi connectivity index (χ0) is 12.1. The highest BCUT2D eigenvalue weighted by Gasteiger charge is 2.05. The molecule has 3 heteroatoms. The molecule has 0 aliphatic heterocycles. The van der Waals surface area contributed by atoms with Crippen LogP contribution in [0.5, 0.6) is 0 Å². The van der Waals surface area contributed by atoms with Crippen molar-refractivity contribution >= 4 is 0 Å².